The summed E-state index contributed by atoms with van der Waals surface area (Å²) < 4.78 is 4.78. The molecule has 1 heterocycles. The second kappa shape index (κ2) is 5.02. The third-order valence-electron chi connectivity index (χ3n) is 2.93. The van der Waals surface area contributed by atoms with Gasteiger partial charge in [0.05, 0.1) is 6.61 Å². The minimum absolute atomic E-state index is 0.586. The molecule has 0 aromatic heterocycles. The van der Waals surface area contributed by atoms with Crippen molar-refractivity contribution in [2.24, 2.45) is 0 Å². The zero-order chi connectivity index (χ0) is 13.3. The van der Waals surface area contributed by atoms with E-state index in [0.717, 1.165) is 23.3 Å². The van der Waals surface area contributed by atoms with Crippen molar-refractivity contribution in [1.82, 2.24) is 0 Å². The van der Waals surface area contributed by atoms with Crippen LogP contribution in [-0.2, 0) is 17.0 Å². The number of halogens is 1. The molecule has 1 aliphatic rings. The molecule has 0 unspecified atom stereocenters. The summed E-state index contributed by atoms with van der Waals surface area (Å²) in [4.78, 5) is 11.1. The van der Waals surface area contributed by atoms with Gasteiger partial charge in [-0.2, -0.15) is 0 Å². The van der Waals surface area contributed by atoms with Crippen LogP contribution in [0.2, 0.25) is 5.02 Å². The van der Waals surface area contributed by atoms with Crippen molar-refractivity contribution in [3.63, 3.8) is 0 Å². The van der Waals surface area contributed by atoms with Gasteiger partial charge in [-0.15, -0.1) is 11.8 Å². The van der Waals surface area contributed by atoms with Crippen LogP contribution in [-0.4, -0.2) is 22.4 Å². The zero-order valence-corrected chi connectivity index (χ0v) is 11.9. The minimum atomic E-state index is -0.813. The SMILES string of the molecule is CC(C)(SCc1cc(Cl)cc2c1OCC2)C(=O)O. The van der Waals surface area contributed by atoms with Crippen LogP contribution in [0.4, 0.5) is 0 Å². The molecule has 0 fully saturated rings. The summed E-state index contributed by atoms with van der Waals surface area (Å²) in [6.45, 7) is 4.08. The number of fused-ring (bicyclic) bond motifs is 1. The molecule has 0 saturated carbocycles. The Balaban J connectivity index is 2.18. The predicted molar refractivity (Wildman–Crippen MR) is 73.7 cm³/mol. The van der Waals surface area contributed by atoms with E-state index in [1.165, 1.54) is 11.8 Å². The van der Waals surface area contributed by atoms with Gasteiger partial charge in [-0.05, 0) is 31.5 Å². The zero-order valence-electron chi connectivity index (χ0n) is 10.3. The highest BCUT2D eigenvalue weighted by atomic mass is 35.5. The van der Waals surface area contributed by atoms with E-state index >= 15 is 0 Å². The van der Waals surface area contributed by atoms with Gasteiger partial charge in [0.25, 0.3) is 0 Å². The van der Waals surface area contributed by atoms with E-state index in [4.69, 9.17) is 21.4 Å². The molecule has 3 nitrogen and oxygen atoms in total. The van der Waals surface area contributed by atoms with Crippen molar-refractivity contribution in [2.45, 2.75) is 30.8 Å². The molecule has 0 spiro atoms. The van der Waals surface area contributed by atoms with Crippen LogP contribution in [0.15, 0.2) is 12.1 Å². The lowest BCUT2D eigenvalue weighted by Crippen LogP contribution is -2.27. The fourth-order valence-corrected chi connectivity index (χ4v) is 2.89. The predicted octanol–water partition coefficient (Wildman–Crippen LogP) is 3.37. The van der Waals surface area contributed by atoms with Gasteiger partial charge in [-0.3, -0.25) is 4.79 Å². The minimum Gasteiger partial charge on any atom is -0.493 e. The van der Waals surface area contributed by atoms with Gasteiger partial charge in [-0.25, -0.2) is 0 Å². The number of ether oxygens (including phenoxy) is 1. The van der Waals surface area contributed by atoms with Crippen molar-refractivity contribution in [3.8, 4) is 5.75 Å². The quantitative estimate of drug-likeness (QED) is 0.922. The van der Waals surface area contributed by atoms with E-state index in [1.807, 2.05) is 12.1 Å². The average Bonchev–Trinajstić information content (AvgIpc) is 2.73. The molecule has 1 aliphatic heterocycles. The molecule has 0 radical (unpaired) electrons. The Labute approximate surface area is 115 Å². The maximum Gasteiger partial charge on any atom is 0.319 e. The molecule has 1 aromatic carbocycles. The summed E-state index contributed by atoms with van der Waals surface area (Å²) in [5.41, 5.74) is 2.10. The first-order valence-corrected chi connectivity index (χ1v) is 7.08. The Bertz CT molecular complexity index is 485. The number of thioether (sulfide) groups is 1. The Morgan fingerprint density at radius 2 is 2.28 bits per heavy atom. The lowest BCUT2D eigenvalue weighted by atomic mass is 10.1. The number of hydrogen-bond donors (Lipinski definition) is 1. The number of hydrogen-bond acceptors (Lipinski definition) is 3. The smallest absolute Gasteiger partial charge is 0.319 e. The van der Waals surface area contributed by atoms with E-state index in [1.54, 1.807) is 13.8 Å². The molecule has 0 amide bonds. The maximum atomic E-state index is 11.1. The molecule has 0 bridgehead atoms. The summed E-state index contributed by atoms with van der Waals surface area (Å²) in [6, 6.07) is 3.77. The number of benzene rings is 1. The molecular weight excluding hydrogens is 272 g/mol. The van der Waals surface area contributed by atoms with Crippen LogP contribution in [0, 0.1) is 0 Å². The van der Waals surface area contributed by atoms with Gasteiger partial charge in [0.1, 0.15) is 10.5 Å². The second-order valence-corrected chi connectivity index (χ2v) is 6.79. The number of aliphatic carboxylic acids is 1. The van der Waals surface area contributed by atoms with E-state index in [-0.39, 0.29) is 0 Å². The number of carboxylic acids is 1. The Kier molecular flexibility index (Phi) is 3.78. The Morgan fingerprint density at radius 1 is 1.56 bits per heavy atom. The first kappa shape index (κ1) is 13.6. The second-order valence-electron chi connectivity index (χ2n) is 4.76. The lowest BCUT2D eigenvalue weighted by Gasteiger charge is -2.19. The van der Waals surface area contributed by atoms with Gasteiger partial charge in [0.2, 0.25) is 0 Å². The van der Waals surface area contributed by atoms with Crippen molar-refractivity contribution < 1.29 is 14.6 Å². The standard InChI is InChI=1S/C13H15ClO3S/c1-13(2,12(15)16)18-7-9-6-10(14)5-8-3-4-17-11(8)9/h5-6H,3-4,7H2,1-2H3,(H,15,16). The summed E-state index contributed by atoms with van der Waals surface area (Å²) >= 11 is 7.44. The van der Waals surface area contributed by atoms with E-state index in [9.17, 15) is 4.79 Å². The van der Waals surface area contributed by atoms with Crippen LogP contribution in [0.3, 0.4) is 0 Å². The maximum absolute atomic E-state index is 11.1. The van der Waals surface area contributed by atoms with E-state index < -0.39 is 10.7 Å². The number of carboxylic acid groups (broad SMARTS) is 1. The Hall–Kier alpha value is -0.870. The first-order valence-electron chi connectivity index (χ1n) is 5.71. The molecule has 1 N–H and O–H groups in total. The summed E-state index contributed by atoms with van der Waals surface area (Å²) in [5.74, 6) is 0.655. The molecule has 0 aliphatic carbocycles. The van der Waals surface area contributed by atoms with Gasteiger partial charge < -0.3 is 9.84 Å². The van der Waals surface area contributed by atoms with Crippen molar-refractivity contribution in [2.75, 3.05) is 6.61 Å². The van der Waals surface area contributed by atoms with Gasteiger partial charge >= 0.3 is 5.97 Å². The molecule has 2 rings (SSSR count). The molecule has 0 saturated heterocycles. The third-order valence-corrected chi connectivity index (χ3v) is 4.50. The third kappa shape index (κ3) is 2.75. The molecule has 5 heteroatoms. The molecule has 98 valence electrons. The molecular formula is C13H15ClO3S. The van der Waals surface area contributed by atoms with Gasteiger partial charge in [0.15, 0.2) is 0 Å². The fourth-order valence-electron chi connectivity index (χ4n) is 1.77. The summed E-state index contributed by atoms with van der Waals surface area (Å²) in [5, 5.41) is 9.77. The van der Waals surface area contributed by atoms with Crippen molar-refractivity contribution in [3.05, 3.63) is 28.3 Å². The highest BCUT2D eigenvalue weighted by Gasteiger charge is 2.28. The fraction of sp³-hybridized carbons (Fsp3) is 0.462. The Morgan fingerprint density at radius 3 is 2.94 bits per heavy atom. The van der Waals surface area contributed by atoms with Crippen LogP contribution in [0.1, 0.15) is 25.0 Å². The molecule has 1 aromatic rings. The van der Waals surface area contributed by atoms with Crippen LogP contribution in [0.25, 0.3) is 0 Å². The molecule has 0 atom stereocenters. The first-order chi connectivity index (χ1) is 8.40. The topological polar surface area (TPSA) is 46.5 Å². The van der Waals surface area contributed by atoms with E-state index in [0.29, 0.717) is 17.4 Å². The number of carbonyl (C=O) groups is 1. The average molecular weight is 287 g/mol. The number of rotatable bonds is 4. The molecule has 18 heavy (non-hydrogen) atoms. The largest absolute Gasteiger partial charge is 0.493 e. The van der Waals surface area contributed by atoms with Gasteiger partial charge in [-0.1, -0.05) is 11.6 Å². The van der Waals surface area contributed by atoms with Crippen LogP contribution < -0.4 is 4.74 Å². The van der Waals surface area contributed by atoms with Gasteiger partial charge in [0, 0.05) is 22.8 Å². The van der Waals surface area contributed by atoms with Crippen LogP contribution in [0.5, 0.6) is 5.75 Å². The monoisotopic (exact) mass is 286 g/mol. The summed E-state index contributed by atoms with van der Waals surface area (Å²) in [7, 11) is 0. The van der Waals surface area contributed by atoms with Crippen molar-refractivity contribution >= 4 is 29.3 Å². The highest BCUT2D eigenvalue weighted by molar-refractivity contribution is 8.00. The normalized spacial score (nSPS) is 14.2. The van der Waals surface area contributed by atoms with E-state index in [2.05, 4.69) is 0 Å². The van der Waals surface area contributed by atoms with Crippen LogP contribution >= 0.6 is 23.4 Å². The lowest BCUT2D eigenvalue weighted by molar-refractivity contribution is -0.138. The van der Waals surface area contributed by atoms with Crippen molar-refractivity contribution in [1.29, 1.82) is 0 Å². The summed E-state index contributed by atoms with van der Waals surface area (Å²) in [6.07, 6.45) is 0.871. The highest BCUT2D eigenvalue weighted by Crippen LogP contribution is 2.37.